The second-order valence-electron chi connectivity index (χ2n) is 12.2. The Morgan fingerprint density at radius 2 is 1.97 bits per heavy atom. The standard InChI is InChI=1S/C27H41NO2.CH4/c1-15-11-24-25(28-14-15)17(3)27(30-24)10-8-20-21-6-5-18-12-19(29)7-9-26(18,4)23(21)13-22(20)16(27)2;/h5,15,17,19-21,23-25,28-29H,6-14H2,1-4H3;1H4. The van der Waals surface area contributed by atoms with Gasteiger partial charge in [0.25, 0.3) is 0 Å². The van der Waals surface area contributed by atoms with Crippen molar-refractivity contribution in [2.45, 2.75) is 110 Å². The topological polar surface area (TPSA) is 41.5 Å². The summed E-state index contributed by atoms with van der Waals surface area (Å²) in [5.74, 6) is 3.64. The van der Waals surface area contributed by atoms with Gasteiger partial charge in [-0.1, -0.05) is 45.4 Å². The summed E-state index contributed by atoms with van der Waals surface area (Å²) in [6.45, 7) is 10.9. The van der Waals surface area contributed by atoms with Gasteiger partial charge in [-0.05, 0) is 99.5 Å². The van der Waals surface area contributed by atoms with Crippen LogP contribution in [0.3, 0.4) is 0 Å². The summed E-state index contributed by atoms with van der Waals surface area (Å²) in [6, 6.07) is 0.530. The number of aliphatic hydroxyl groups is 1. The van der Waals surface area contributed by atoms with Crippen molar-refractivity contribution in [3.63, 3.8) is 0 Å². The molecule has 2 aliphatic heterocycles. The highest BCUT2D eigenvalue weighted by Gasteiger charge is 2.60. The molecule has 0 bridgehead atoms. The average molecular weight is 428 g/mol. The first-order chi connectivity index (χ1) is 14.3. The minimum atomic E-state index is -0.111. The minimum Gasteiger partial charge on any atom is -0.393 e. The van der Waals surface area contributed by atoms with Gasteiger partial charge in [0.1, 0.15) is 0 Å². The molecule has 4 aliphatic carbocycles. The van der Waals surface area contributed by atoms with Crippen LogP contribution in [0.4, 0.5) is 0 Å². The van der Waals surface area contributed by atoms with E-state index in [1.807, 2.05) is 0 Å². The summed E-state index contributed by atoms with van der Waals surface area (Å²) < 4.78 is 7.03. The maximum absolute atomic E-state index is 10.3. The maximum Gasteiger partial charge on any atom is 0.0937 e. The molecule has 31 heavy (non-hydrogen) atoms. The van der Waals surface area contributed by atoms with Crippen LogP contribution in [-0.4, -0.2) is 35.5 Å². The van der Waals surface area contributed by atoms with E-state index in [4.69, 9.17) is 4.74 Å². The highest BCUT2D eigenvalue weighted by atomic mass is 16.5. The van der Waals surface area contributed by atoms with E-state index < -0.39 is 0 Å². The second kappa shape index (κ2) is 7.43. The number of rotatable bonds is 0. The van der Waals surface area contributed by atoms with Crippen molar-refractivity contribution in [2.24, 2.45) is 35.0 Å². The lowest BCUT2D eigenvalue weighted by Gasteiger charge is -2.49. The van der Waals surface area contributed by atoms with Gasteiger partial charge in [0.2, 0.25) is 0 Å². The molecule has 2 saturated heterocycles. The fourth-order valence-corrected chi connectivity index (χ4v) is 9.09. The number of hydrogen-bond donors (Lipinski definition) is 2. The molecule has 0 aromatic rings. The monoisotopic (exact) mass is 427 g/mol. The highest BCUT2D eigenvalue weighted by Crippen LogP contribution is 2.65. The van der Waals surface area contributed by atoms with Crippen LogP contribution in [-0.2, 0) is 4.74 Å². The van der Waals surface area contributed by atoms with E-state index in [1.165, 1.54) is 38.5 Å². The van der Waals surface area contributed by atoms with Gasteiger partial charge in [-0.2, -0.15) is 0 Å². The van der Waals surface area contributed by atoms with Crippen LogP contribution in [0, 0.1) is 35.0 Å². The first-order valence-corrected chi connectivity index (χ1v) is 12.8. The molecule has 2 saturated carbocycles. The predicted octanol–water partition coefficient (Wildman–Crippen LogP) is 5.64. The van der Waals surface area contributed by atoms with Crippen LogP contribution in [0.1, 0.15) is 86.5 Å². The van der Waals surface area contributed by atoms with Crippen LogP contribution in [0.5, 0.6) is 0 Å². The third-order valence-corrected chi connectivity index (χ3v) is 10.9. The van der Waals surface area contributed by atoms with Gasteiger partial charge >= 0.3 is 0 Å². The van der Waals surface area contributed by atoms with Gasteiger partial charge in [-0.3, -0.25) is 0 Å². The summed E-state index contributed by atoms with van der Waals surface area (Å²) in [5, 5.41) is 14.1. The van der Waals surface area contributed by atoms with Crippen molar-refractivity contribution < 1.29 is 9.84 Å². The molecule has 2 heterocycles. The van der Waals surface area contributed by atoms with Crippen molar-refractivity contribution in [3.05, 3.63) is 22.8 Å². The van der Waals surface area contributed by atoms with Crippen molar-refractivity contribution in [2.75, 3.05) is 6.54 Å². The summed E-state index contributed by atoms with van der Waals surface area (Å²) in [7, 11) is 0. The lowest BCUT2D eigenvalue weighted by atomic mass is 9.56. The summed E-state index contributed by atoms with van der Waals surface area (Å²) in [5.41, 5.74) is 5.25. The normalized spacial score (nSPS) is 53.3. The van der Waals surface area contributed by atoms with E-state index in [1.54, 1.807) is 16.7 Å². The van der Waals surface area contributed by atoms with Gasteiger partial charge < -0.3 is 15.2 Å². The number of fused-ring (bicyclic) bond motifs is 6. The Balaban J connectivity index is 0.00000204. The van der Waals surface area contributed by atoms with Crippen LogP contribution >= 0.6 is 0 Å². The van der Waals surface area contributed by atoms with Gasteiger partial charge in [0.15, 0.2) is 0 Å². The van der Waals surface area contributed by atoms with E-state index in [2.05, 4.69) is 39.1 Å². The molecule has 1 spiro atoms. The molecule has 6 rings (SSSR count). The molecular formula is C28H45NO2. The minimum absolute atomic E-state index is 0. The zero-order valence-electron chi connectivity index (χ0n) is 19.4. The summed E-state index contributed by atoms with van der Waals surface area (Å²) in [4.78, 5) is 0. The van der Waals surface area contributed by atoms with Crippen LogP contribution in [0.25, 0.3) is 0 Å². The van der Waals surface area contributed by atoms with Crippen LogP contribution in [0.15, 0.2) is 22.8 Å². The molecule has 2 N–H and O–H groups in total. The molecule has 10 unspecified atom stereocenters. The highest BCUT2D eigenvalue weighted by molar-refractivity contribution is 5.38. The number of hydrogen-bond acceptors (Lipinski definition) is 3. The smallest absolute Gasteiger partial charge is 0.0937 e. The number of piperidine rings is 1. The van der Waals surface area contributed by atoms with Gasteiger partial charge in [0.05, 0.1) is 17.8 Å². The molecule has 4 fully saturated rings. The lowest BCUT2D eigenvalue weighted by Crippen LogP contribution is -2.49. The second-order valence-corrected chi connectivity index (χ2v) is 12.2. The zero-order valence-corrected chi connectivity index (χ0v) is 19.4. The largest absolute Gasteiger partial charge is 0.393 e. The van der Waals surface area contributed by atoms with Gasteiger partial charge in [0, 0.05) is 12.0 Å². The Labute approximate surface area is 190 Å². The Kier molecular flexibility index (Phi) is 5.32. The van der Waals surface area contributed by atoms with E-state index in [9.17, 15) is 5.11 Å². The Hall–Kier alpha value is -0.640. The lowest BCUT2D eigenvalue weighted by molar-refractivity contribution is -0.0549. The molecule has 3 heteroatoms. The summed E-state index contributed by atoms with van der Waals surface area (Å²) in [6.07, 6.45) is 12.2. The van der Waals surface area contributed by atoms with Crippen molar-refractivity contribution in [3.8, 4) is 0 Å². The Bertz CT molecular complexity index is 801. The van der Waals surface area contributed by atoms with Crippen molar-refractivity contribution in [1.82, 2.24) is 5.32 Å². The number of aliphatic hydroxyl groups excluding tert-OH is 1. The molecule has 0 aromatic heterocycles. The quantitative estimate of drug-likeness (QED) is 0.492. The molecule has 10 atom stereocenters. The number of ether oxygens (including phenoxy) is 1. The van der Waals surface area contributed by atoms with Gasteiger partial charge in [-0.25, -0.2) is 0 Å². The first-order valence-electron chi connectivity index (χ1n) is 12.8. The third-order valence-electron chi connectivity index (χ3n) is 10.9. The van der Waals surface area contributed by atoms with E-state index >= 15 is 0 Å². The molecular weight excluding hydrogens is 382 g/mol. The predicted molar refractivity (Wildman–Crippen MR) is 127 cm³/mol. The maximum atomic E-state index is 10.3. The third kappa shape index (κ3) is 2.95. The van der Waals surface area contributed by atoms with E-state index in [-0.39, 0.29) is 19.1 Å². The summed E-state index contributed by atoms with van der Waals surface area (Å²) >= 11 is 0. The first kappa shape index (κ1) is 22.2. The number of allylic oxidation sites excluding steroid dienone is 2. The van der Waals surface area contributed by atoms with Crippen LogP contribution in [0.2, 0.25) is 0 Å². The Morgan fingerprint density at radius 1 is 1.16 bits per heavy atom. The molecule has 6 aliphatic rings. The van der Waals surface area contributed by atoms with Gasteiger partial charge in [-0.15, -0.1) is 0 Å². The van der Waals surface area contributed by atoms with Crippen molar-refractivity contribution in [1.29, 1.82) is 0 Å². The molecule has 0 aromatic carbocycles. The van der Waals surface area contributed by atoms with Crippen LogP contribution < -0.4 is 5.32 Å². The SMILES string of the molecule is C.CC1=C2CC3C(CC=C4CC(O)CCC43C)C2CCC12OC1CC(C)CNC1C2C. The average Bonchev–Trinajstić information content (AvgIpc) is 3.23. The molecule has 174 valence electrons. The van der Waals surface area contributed by atoms with E-state index in [0.717, 1.165) is 43.1 Å². The fourth-order valence-electron chi connectivity index (χ4n) is 9.09. The Morgan fingerprint density at radius 3 is 2.77 bits per heavy atom. The van der Waals surface area contributed by atoms with E-state index in [0.29, 0.717) is 23.5 Å². The van der Waals surface area contributed by atoms with Crippen molar-refractivity contribution >= 4 is 0 Å². The molecule has 0 amide bonds. The zero-order chi connectivity index (χ0) is 20.8. The number of nitrogens with one attached hydrogen (secondary N) is 1. The molecule has 0 radical (unpaired) electrons. The fraction of sp³-hybridized carbons (Fsp3) is 0.857. The molecule has 3 nitrogen and oxygen atoms in total.